The minimum absolute atomic E-state index is 0.0150. The molecule has 0 saturated heterocycles. The zero-order valence-electron chi connectivity index (χ0n) is 12.0. The number of carbonyl (C=O) groups excluding carboxylic acids is 1. The molecule has 114 valence electrons. The van der Waals surface area contributed by atoms with E-state index in [1.165, 1.54) is 22.9 Å². The van der Waals surface area contributed by atoms with Crippen LogP contribution < -0.4 is 5.73 Å². The fourth-order valence-corrected chi connectivity index (χ4v) is 2.65. The number of anilines is 1. The molecule has 2 heterocycles. The molecule has 2 aromatic heterocycles. The van der Waals surface area contributed by atoms with Crippen molar-refractivity contribution in [3.05, 3.63) is 54.5 Å². The van der Waals surface area contributed by atoms with Crippen molar-refractivity contribution in [2.75, 3.05) is 5.73 Å². The van der Waals surface area contributed by atoms with Gasteiger partial charge in [-0.05, 0) is 24.3 Å². The van der Waals surface area contributed by atoms with Gasteiger partial charge in [-0.2, -0.15) is 9.78 Å². The standard InChI is InChI=1S/C16H12FN5O/c17-11-5-6-14-12(7-11)16(18)20-22(14)15(23)9-21-13-4-2-1-3-10(13)8-19-21/h1-8H,9H2,(H2,18,20). The Balaban J connectivity index is 1.75. The molecule has 0 atom stereocenters. The van der Waals surface area contributed by atoms with Gasteiger partial charge in [0.05, 0.1) is 17.2 Å². The number of hydrogen-bond donors (Lipinski definition) is 1. The minimum Gasteiger partial charge on any atom is -0.382 e. The van der Waals surface area contributed by atoms with E-state index >= 15 is 0 Å². The van der Waals surface area contributed by atoms with Gasteiger partial charge in [0.1, 0.15) is 12.4 Å². The fourth-order valence-electron chi connectivity index (χ4n) is 2.65. The van der Waals surface area contributed by atoms with Crippen molar-refractivity contribution in [2.45, 2.75) is 6.54 Å². The second-order valence-corrected chi connectivity index (χ2v) is 5.21. The first-order valence-electron chi connectivity index (χ1n) is 7.01. The van der Waals surface area contributed by atoms with E-state index in [0.29, 0.717) is 10.9 Å². The molecule has 0 spiro atoms. The number of fused-ring (bicyclic) bond motifs is 2. The third-order valence-corrected chi connectivity index (χ3v) is 3.74. The predicted octanol–water partition coefficient (Wildman–Crippen LogP) is 2.45. The summed E-state index contributed by atoms with van der Waals surface area (Å²) < 4.78 is 16.1. The summed E-state index contributed by atoms with van der Waals surface area (Å²) in [7, 11) is 0. The molecule has 2 aromatic carbocycles. The fraction of sp³-hybridized carbons (Fsp3) is 0.0625. The lowest BCUT2D eigenvalue weighted by molar-refractivity contribution is 0.0878. The maximum atomic E-state index is 13.3. The van der Waals surface area contributed by atoms with E-state index in [9.17, 15) is 9.18 Å². The Labute approximate surface area is 129 Å². The lowest BCUT2D eigenvalue weighted by Crippen LogP contribution is -2.19. The highest BCUT2D eigenvalue weighted by Crippen LogP contribution is 2.22. The number of benzene rings is 2. The van der Waals surface area contributed by atoms with Crippen molar-refractivity contribution in [3.63, 3.8) is 0 Å². The van der Waals surface area contributed by atoms with Gasteiger partial charge in [0.15, 0.2) is 5.82 Å². The first-order chi connectivity index (χ1) is 11.1. The Kier molecular flexibility index (Phi) is 2.87. The molecule has 7 heteroatoms. The number of nitrogen functional groups attached to an aromatic ring is 1. The number of aromatic nitrogens is 4. The van der Waals surface area contributed by atoms with Crippen molar-refractivity contribution >= 4 is 33.5 Å². The van der Waals surface area contributed by atoms with Crippen molar-refractivity contribution in [2.24, 2.45) is 0 Å². The third-order valence-electron chi connectivity index (χ3n) is 3.74. The Hall–Kier alpha value is -3.22. The van der Waals surface area contributed by atoms with Gasteiger partial charge in [0.25, 0.3) is 5.91 Å². The first-order valence-corrected chi connectivity index (χ1v) is 7.01. The molecule has 0 aliphatic rings. The number of nitrogens with two attached hydrogens (primary N) is 1. The monoisotopic (exact) mass is 309 g/mol. The van der Waals surface area contributed by atoms with E-state index in [1.54, 1.807) is 10.9 Å². The molecule has 2 N–H and O–H groups in total. The molecule has 0 amide bonds. The van der Waals surface area contributed by atoms with Crippen molar-refractivity contribution in [1.82, 2.24) is 19.6 Å². The van der Waals surface area contributed by atoms with E-state index < -0.39 is 5.82 Å². The zero-order valence-corrected chi connectivity index (χ0v) is 12.0. The van der Waals surface area contributed by atoms with Gasteiger partial charge in [-0.15, -0.1) is 5.10 Å². The van der Waals surface area contributed by atoms with Crippen LogP contribution in [0, 0.1) is 5.82 Å². The summed E-state index contributed by atoms with van der Waals surface area (Å²) in [6.07, 6.45) is 1.70. The molecule has 0 fully saturated rings. The Morgan fingerprint density at radius 1 is 1.17 bits per heavy atom. The number of halogens is 1. The lowest BCUT2D eigenvalue weighted by Gasteiger charge is -2.04. The SMILES string of the molecule is Nc1nn(C(=O)Cn2ncc3ccccc32)c2ccc(F)cc12. The van der Waals surface area contributed by atoms with E-state index in [0.717, 1.165) is 10.9 Å². The molecule has 4 aromatic rings. The maximum absolute atomic E-state index is 13.3. The third kappa shape index (κ3) is 2.13. The molecule has 0 radical (unpaired) electrons. The molecule has 6 nitrogen and oxygen atoms in total. The molecular formula is C16H12FN5O. The highest BCUT2D eigenvalue weighted by Gasteiger charge is 2.16. The van der Waals surface area contributed by atoms with Crippen LogP contribution in [0.1, 0.15) is 4.79 Å². The first kappa shape index (κ1) is 13.4. The average Bonchev–Trinajstić information content (AvgIpc) is 3.10. The summed E-state index contributed by atoms with van der Waals surface area (Å²) in [5, 5.41) is 9.62. The molecule has 0 saturated carbocycles. The smallest absolute Gasteiger partial charge is 0.269 e. The quantitative estimate of drug-likeness (QED) is 0.617. The molecular weight excluding hydrogens is 297 g/mol. The van der Waals surface area contributed by atoms with Crippen LogP contribution in [0.15, 0.2) is 48.7 Å². The van der Waals surface area contributed by atoms with Crippen LogP contribution in [0.3, 0.4) is 0 Å². The van der Waals surface area contributed by atoms with E-state index in [-0.39, 0.29) is 18.3 Å². The number of nitrogens with zero attached hydrogens (tertiary/aromatic N) is 4. The summed E-state index contributed by atoms with van der Waals surface area (Å²) in [6, 6.07) is 11.6. The van der Waals surface area contributed by atoms with Crippen LogP contribution in [-0.4, -0.2) is 25.5 Å². The summed E-state index contributed by atoms with van der Waals surface area (Å²) in [5.41, 5.74) is 7.11. The predicted molar refractivity (Wildman–Crippen MR) is 84.5 cm³/mol. The molecule has 23 heavy (non-hydrogen) atoms. The van der Waals surface area contributed by atoms with Gasteiger partial charge >= 0.3 is 0 Å². The van der Waals surface area contributed by atoms with Crippen LogP contribution in [0.4, 0.5) is 10.2 Å². The normalized spacial score (nSPS) is 11.3. The van der Waals surface area contributed by atoms with Gasteiger partial charge in [0.2, 0.25) is 0 Å². The largest absolute Gasteiger partial charge is 0.382 e. The second-order valence-electron chi connectivity index (χ2n) is 5.21. The second kappa shape index (κ2) is 4.91. The van der Waals surface area contributed by atoms with Crippen molar-refractivity contribution in [1.29, 1.82) is 0 Å². The van der Waals surface area contributed by atoms with Gasteiger partial charge in [0, 0.05) is 10.8 Å². The Morgan fingerprint density at radius 2 is 2.00 bits per heavy atom. The zero-order chi connectivity index (χ0) is 16.0. The van der Waals surface area contributed by atoms with Crippen LogP contribution in [0.5, 0.6) is 0 Å². The van der Waals surface area contributed by atoms with E-state index in [2.05, 4.69) is 10.2 Å². The average molecular weight is 309 g/mol. The lowest BCUT2D eigenvalue weighted by atomic mass is 10.2. The van der Waals surface area contributed by atoms with Crippen LogP contribution in [-0.2, 0) is 6.54 Å². The highest BCUT2D eigenvalue weighted by atomic mass is 19.1. The summed E-state index contributed by atoms with van der Waals surface area (Å²) in [5.74, 6) is -0.598. The van der Waals surface area contributed by atoms with E-state index in [1.807, 2.05) is 24.3 Å². The van der Waals surface area contributed by atoms with Crippen LogP contribution in [0.25, 0.3) is 21.8 Å². The molecule has 0 aliphatic heterocycles. The number of carbonyl (C=O) groups is 1. The van der Waals surface area contributed by atoms with Gasteiger partial charge in [-0.25, -0.2) is 4.39 Å². The van der Waals surface area contributed by atoms with Gasteiger partial charge < -0.3 is 5.73 Å². The van der Waals surface area contributed by atoms with Crippen LogP contribution in [0.2, 0.25) is 0 Å². The van der Waals surface area contributed by atoms with Crippen molar-refractivity contribution < 1.29 is 9.18 Å². The molecule has 0 aliphatic carbocycles. The van der Waals surface area contributed by atoms with Gasteiger partial charge in [-0.1, -0.05) is 18.2 Å². The van der Waals surface area contributed by atoms with Crippen LogP contribution >= 0.6 is 0 Å². The highest BCUT2D eigenvalue weighted by molar-refractivity contribution is 5.96. The molecule has 0 bridgehead atoms. The number of para-hydroxylation sites is 1. The Bertz CT molecular complexity index is 1050. The minimum atomic E-state index is -0.422. The van der Waals surface area contributed by atoms with Crippen molar-refractivity contribution in [3.8, 4) is 0 Å². The van der Waals surface area contributed by atoms with Gasteiger partial charge in [-0.3, -0.25) is 9.48 Å². The Morgan fingerprint density at radius 3 is 2.87 bits per heavy atom. The summed E-state index contributed by atoms with van der Waals surface area (Å²) in [6.45, 7) is 0.0150. The van der Waals surface area contributed by atoms with E-state index in [4.69, 9.17) is 5.73 Å². The molecule has 0 unspecified atom stereocenters. The number of rotatable bonds is 2. The number of hydrogen-bond acceptors (Lipinski definition) is 4. The maximum Gasteiger partial charge on any atom is 0.269 e. The molecule has 4 rings (SSSR count). The topological polar surface area (TPSA) is 78.7 Å². The summed E-state index contributed by atoms with van der Waals surface area (Å²) >= 11 is 0. The summed E-state index contributed by atoms with van der Waals surface area (Å²) in [4.78, 5) is 12.6.